The van der Waals surface area contributed by atoms with Gasteiger partial charge in [0.2, 0.25) is 5.75 Å². The van der Waals surface area contributed by atoms with E-state index in [-0.39, 0.29) is 19.0 Å². The Bertz CT molecular complexity index is 365. The van der Waals surface area contributed by atoms with Crippen LogP contribution in [0.25, 0.3) is 0 Å². The van der Waals surface area contributed by atoms with Crippen molar-refractivity contribution in [2.75, 3.05) is 27.4 Å². The lowest BCUT2D eigenvalue weighted by Gasteiger charge is -2.17. The molecule has 0 radical (unpaired) electrons. The number of hydrogen-bond donors (Lipinski definition) is 2. The van der Waals surface area contributed by atoms with Gasteiger partial charge in [-0.2, -0.15) is 0 Å². The number of aliphatic hydroxyl groups is 1. The predicted octanol–water partition coefficient (Wildman–Crippen LogP) is 1.86. The molecular formula is C14H24ClNO4. The topological polar surface area (TPSA) is 60.0 Å². The maximum atomic E-state index is 9.82. The molecule has 0 fully saturated rings. The molecule has 1 aromatic carbocycles. The minimum Gasteiger partial charge on any atom is -0.493 e. The molecule has 0 aromatic heterocycles. The summed E-state index contributed by atoms with van der Waals surface area (Å²) in [6.07, 6.45) is -0.586. The highest BCUT2D eigenvalue weighted by molar-refractivity contribution is 5.85. The molecule has 1 unspecified atom stereocenters. The summed E-state index contributed by atoms with van der Waals surface area (Å²) in [5.41, 5.74) is 0. The van der Waals surface area contributed by atoms with Gasteiger partial charge in [0.15, 0.2) is 11.5 Å². The van der Waals surface area contributed by atoms with Crippen LogP contribution in [-0.4, -0.2) is 44.6 Å². The summed E-state index contributed by atoms with van der Waals surface area (Å²) in [5.74, 6) is 1.68. The molecule has 0 spiro atoms. The first-order valence-corrected chi connectivity index (χ1v) is 6.33. The highest BCUT2D eigenvalue weighted by atomic mass is 35.5. The largest absolute Gasteiger partial charge is 0.493 e. The normalized spacial score (nSPS) is 11.7. The quantitative estimate of drug-likeness (QED) is 0.768. The van der Waals surface area contributed by atoms with Crippen molar-refractivity contribution in [1.29, 1.82) is 0 Å². The van der Waals surface area contributed by atoms with Gasteiger partial charge in [0, 0.05) is 12.6 Å². The van der Waals surface area contributed by atoms with Gasteiger partial charge in [-0.25, -0.2) is 0 Å². The van der Waals surface area contributed by atoms with Gasteiger partial charge in [0.1, 0.15) is 12.7 Å². The Morgan fingerprint density at radius 1 is 1.15 bits per heavy atom. The molecule has 0 bridgehead atoms. The second-order valence-corrected chi connectivity index (χ2v) is 4.52. The van der Waals surface area contributed by atoms with Crippen molar-refractivity contribution >= 4 is 12.4 Å². The summed E-state index contributed by atoms with van der Waals surface area (Å²) < 4.78 is 16.0. The number of methoxy groups -OCH3 is 2. The Morgan fingerprint density at radius 3 is 2.15 bits per heavy atom. The molecule has 1 aromatic rings. The molecule has 0 heterocycles. The molecule has 0 saturated carbocycles. The Hall–Kier alpha value is -1.17. The van der Waals surface area contributed by atoms with Crippen molar-refractivity contribution < 1.29 is 19.3 Å². The Morgan fingerprint density at radius 2 is 1.70 bits per heavy atom. The molecule has 0 aliphatic rings. The second-order valence-electron chi connectivity index (χ2n) is 4.52. The first-order valence-electron chi connectivity index (χ1n) is 6.33. The molecule has 0 saturated heterocycles. The Labute approximate surface area is 126 Å². The number of benzene rings is 1. The zero-order valence-electron chi connectivity index (χ0n) is 12.4. The van der Waals surface area contributed by atoms with Crippen LogP contribution in [0, 0.1) is 0 Å². The van der Waals surface area contributed by atoms with Crippen LogP contribution in [-0.2, 0) is 0 Å². The molecule has 20 heavy (non-hydrogen) atoms. The Kier molecular flexibility index (Phi) is 9.12. The fourth-order valence-electron chi connectivity index (χ4n) is 1.57. The molecule has 0 amide bonds. The zero-order chi connectivity index (χ0) is 14.3. The van der Waals surface area contributed by atoms with Crippen molar-refractivity contribution in [2.24, 2.45) is 0 Å². The minimum atomic E-state index is -0.586. The van der Waals surface area contributed by atoms with E-state index in [2.05, 4.69) is 5.32 Å². The van der Waals surface area contributed by atoms with E-state index in [1.807, 2.05) is 19.9 Å². The van der Waals surface area contributed by atoms with Crippen LogP contribution in [0.2, 0.25) is 0 Å². The third-order valence-electron chi connectivity index (χ3n) is 2.56. The van der Waals surface area contributed by atoms with Gasteiger partial charge in [0.05, 0.1) is 14.2 Å². The van der Waals surface area contributed by atoms with Crippen LogP contribution in [0.1, 0.15) is 13.8 Å². The highest BCUT2D eigenvalue weighted by Gasteiger charge is 2.13. The fraction of sp³-hybridized carbons (Fsp3) is 0.571. The van der Waals surface area contributed by atoms with Gasteiger partial charge in [0.25, 0.3) is 0 Å². The first-order chi connectivity index (χ1) is 9.08. The first kappa shape index (κ1) is 18.8. The predicted molar refractivity (Wildman–Crippen MR) is 81.4 cm³/mol. The average molecular weight is 306 g/mol. The molecule has 2 N–H and O–H groups in total. The lowest BCUT2D eigenvalue weighted by atomic mass is 10.3. The number of hydrogen-bond acceptors (Lipinski definition) is 5. The van der Waals surface area contributed by atoms with Crippen LogP contribution in [0.5, 0.6) is 17.2 Å². The van der Waals surface area contributed by atoms with E-state index in [0.717, 1.165) is 0 Å². The third-order valence-corrected chi connectivity index (χ3v) is 2.56. The number of nitrogens with one attached hydrogen (secondary N) is 1. The van der Waals surface area contributed by atoms with Crippen molar-refractivity contribution in [1.82, 2.24) is 5.32 Å². The molecule has 0 aliphatic heterocycles. The lowest BCUT2D eigenvalue weighted by Crippen LogP contribution is -2.35. The summed E-state index contributed by atoms with van der Waals surface area (Å²) in [5, 5.41) is 13.0. The van der Waals surface area contributed by atoms with Gasteiger partial charge in [-0.3, -0.25) is 0 Å². The molecule has 1 rings (SSSR count). The number of rotatable bonds is 8. The summed E-state index contributed by atoms with van der Waals surface area (Å²) in [6, 6.07) is 5.73. The maximum absolute atomic E-state index is 9.82. The van der Waals surface area contributed by atoms with Crippen molar-refractivity contribution in [3.63, 3.8) is 0 Å². The van der Waals surface area contributed by atoms with Gasteiger partial charge < -0.3 is 24.6 Å². The molecule has 0 aliphatic carbocycles. The van der Waals surface area contributed by atoms with E-state index in [1.54, 1.807) is 26.4 Å². The molecule has 1 atom stereocenters. The van der Waals surface area contributed by atoms with Gasteiger partial charge in [-0.15, -0.1) is 12.4 Å². The number of aliphatic hydroxyl groups excluding tert-OH is 1. The second kappa shape index (κ2) is 9.69. The van der Waals surface area contributed by atoms with E-state index < -0.39 is 6.10 Å². The summed E-state index contributed by atoms with van der Waals surface area (Å²) >= 11 is 0. The minimum absolute atomic E-state index is 0. The summed E-state index contributed by atoms with van der Waals surface area (Å²) in [4.78, 5) is 0. The smallest absolute Gasteiger partial charge is 0.203 e. The highest BCUT2D eigenvalue weighted by Crippen LogP contribution is 2.36. The number of para-hydroxylation sites is 1. The van der Waals surface area contributed by atoms with E-state index >= 15 is 0 Å². The van der Waals surface area contributed by atoms with Crippen molar-refractivity contribution in [3.05, 3.63) is 18.2 Å². The molecule has 5 nitrogen and oxygen atoms in total. The van der Waals surface area contributed by atoms with Crippen LogP contribution >= 0.6 is 12.4 Å². The number of halogens is 1. The Balaban J connectivity index is 0.00000361. The number of ether oxygens (including phenoxy) is 3. The monoisotopic (exact) mass is 305 g/mol. The molecular weight excluding hydrogens is 282 g/mol. The van der Waals surface area contributed by atoms with Crippen LogP contribution in [0.15, 0.2) is 18.2 Å². The van der Waals surface area contributed by atoms with Crippen LogP contribution in [0.3, 0.4) is 0 Å². The van der Waals surface area contributed by atoms with Gasteiger partial charge in [-0.05, 0) is 12.1 Å². The summed E-state index contributed by atoms with van der Waals surface area (Å²) in [6.45, 7) is 4.71. The van der Waals surface area contributed by atoms with Crippen LogP contribution < -0.4 is 19.5 Å². The van der Waals surface area contributed by atoms with Gasteiger partial charge >= 0.3 is 0 Å². The van der Waals surface area contributed by atoms with Crippen LogP contribution in [0.4, 0.5) is 0 Å². The molecule has 6 heteroatoms. The van der Waals surface area contributed by atoms with E-state index in [4.69, 9.17) is 14.2 Å². The van der Waals surface area contributed by atoms with E-state index in [0.29, 0.717) is 29.8 Å². The zero-order valence-corrected chi connectivity index (χ0v) is 13.2. The van der Waals surface area contributed by atoms with Crippen molar-refractivity contribution in [2.45, 2.75) is 26.0 Å². The fourth-order valence-corrected chi connectivity index (χ4v) is 1.57. The maximum Gasteiger partial charge on any atom is 0.203 e. The molecule has 116 valence electrons. The standard InChI is InChI=1S/C14H23NO4.ClH/c1-10(2)15-8-11(16)9-19-14-12(17-3)6-5-7-13(14)18-4;/h5-7,10-11,15-16H,8-9H2,1-4H3;1H. The van der Waals surface area contributed by atoms with E-state index in [9.17, 15) is 5.11 Å². The summed E-state index contributed by atoms with van der Waals surface area (Å²) in [7, 11) is 3.14. The third kappa shape index (κ3) is 5.86. The lowest BCUT2D eigenvalue weighted by molar-refractivity contribution is 0.101. The SMILES string of the molecule is COc1cccc(OC)c1OCC(O)CNC(C)C.Cl. The van der Waals surface area contributed by atoms with E-state index in [1.165, 1.54) is 0 Å². The van der Waals surface area contributed by atoms with Gasteiger partial charge in [-0.1, -0.05) is 19.9 Å². The average Bonchev–Trinajstić information content (AvgIpc) is 2.42. The van der Waals surface area contributed by atoms with Crippen molar-refractivity contribution in [3.8, 4) is 17.2 Å².